The second-order valence-electron chi connectivity index (χ2n) is 6.76. The molecule has 1 aliphatic heterocycles. The molecule has 0 bridgehead atoms. The Bertz CT molecular complexity index is 1100. The maximum Gasteiger partial charge on any atom is 0.452 e. The number of hydrogen-bond acceptors (Lipinski definition) is 6. The summed E-state index contributed by atoms with van der Waals surface area (Å²) in [4.78, 5) is 32.6. The molecule has 2 heterocycles. The molecule has 156 valence electrons. The van der Waals surface area contributed by atoms with Crippen LogP contribution in [-0.2, 0) is 4.89 Å². The van der Waals surface area contributed by atoms with Crippen molar-refractivity contribution in [2.24, 2.45) is 0 Å². The average molecular weight is 496 g/mol. The molecular weight excluding hydrogens is 479 g/mol. The van der Waals surface area contributed by atoms with Crippen LogP contribution in [0.2, 0.25) is 5.02 Å². The van der Waals surface area contributed by atoms with E-state index in [1.807, 2.05) is 0 Å². The number of fused-ring (bicyclic) bond motifs is 1. The molecule has 1 saturated heterocycles. The van der Waals surface area contributed by atoms with Gasteiger partial charge < -0.3 is 10.2 Å². The molecule has 0 unspecified atom stereocenters. The lowest BCUT2D eigenvalue weighted by Gasteiger charge is -2.24. The van der Waals surface area contributed by atoms with Gasteiger partial charge in [0, 0.05) is 24.2 Å². The Kier molecular flexibility index (Phi) is 6.19. The first kappa shape index (κ1) is 20.6. The third-order valence-corrected chi connectivity index (χ3v) is 5.60. The summed E-state index contributed by atoms with van der Waals surface area (Å²) in [6.45, 7) is 1.31. The molecule has 3 aromatic rings. The van der Waals surface area contributed by atoms with E-state index >= 15 is 0 Å². The fourth-order valence-corrected chi connectivity index (χ4v) is 3.72. The number of benzene rings is 2. The zero-order valence-electron chi connectivity index (χ0n) is 15.7. The molecule has 1 N–H and O–H groups in total. The SMILES string of the molecule is O=C(OOc1cc2c(Nc3ccc(F)c(Cl)c3)ncnc2cc1Br)N1CCCCC1. The number of amides is 1. The van der Waals surface area contributed by atoms with E-state index in [1.54, 1.807) is 23.1 Å². The molecule has 2 aromatic carbocycles. The van der Waals surface area contributed by atoms with Crippen molar-refractivity contribution < 1.29 is 19.0 Å². The highest BCUT2D eigenvalue weighted by molar-refractivity contribution is 9.10. The molecule has 1 fully saturated rings. The topological polar surface area (TPSA) is 76.6 Å². The second kappa shape index (κ2) is 9.01. The molecule has 1 aliphatic rings. The molecule has 0 radical (unpaired) electrons. The number of rotatable bonds is 4. The van der Waals surface area contributed by atoms with Crippen LogP contribution in [0.3, 0.4) is 0 Å². The fourth-order valence-electron chi connectivity index (χ4n) is 3.14. The molecule has 10 heteroatoms. The zero-order chi connectivity index (χ0) is 21.1. The first-order valence-electron chi connectivity index (χ1n) is 9.31. The van der Waals surface area contributed by atoms with Gasteiger partial charge in [-0.2, -0.15) is 0 Å². The lowest BCUT2D eigenvalue weighted by Crippen LogP contribution is -2.36. The van der Waals surface area contributed by atoms with E-state index in [9.17, 15) is 9.18 Å². The van der Waals surface area contributed by atoms with E-state index in [2.05, 4.69) is 31.2 Å². The van der Waals surface area contributed by atoms with E-state index in [1.165, 1.54) is 18.5 Å². The summed E-state index contributed by atoms with van der Waals surface area (Å²) in [7, 11) is 0. The van der Waals surface area contributed by atoms with E-state index in [0.29, 0.717) is 45.7 Å². The molecule has 1 aromatic heterocycles. The molecule has 0 atom stereocenters. The highest BCUT2D eigenvalue weighted by Crippen LogP contribution is 2.34. The minimum absolute atomic E-state index is 0.00486. The molecule has 4 rings (SSSR count). The van der Waals surface area contributed by atoms with E-state index in [4.69, 9.17) is 21.4 Å². The number of halogens is 3. The van der Waals surface area contributed by atoms with Crippen LogP contribution < -0.4 is 10.2 Å². The second-order valence-corrected chi connectivity index (χ2v) is 8.02. The number of nitrogens with one attached hydrogen (secondary N) is 1. The largest absolute Gasteiger partial charge is 0.452 e. The molecule has 1 amide bonds. The van der Waals surface area contributed by atoms with Crippen LogP contribution in [-0.4, -0.2) is 34.1 Å². The summed E-state index contributed by atoms with van der Waals surface area (Å²) in [5.74, 6) is 0.245. The van der Waals surface area contributed by atoms with Gasteiger partial charge >= 0.3 is 6.09 Å². The first-order chi connectivity index (χ1) is 14.5. The number of piperidine rings is 1. The van der Waals surface area contributed by atoms with Gasteiger partial charge in [0.2, 0.25) is 0 Å². The summed E-state index contributed by atoms with van der Waals surface area (Å²) in [5.41, 5.74) is 1.19. The van der Waals surface area contributed by atoms with Crippen molar-refractivity contribution in [1.82, 2.24) is 14.9 Å². The highest BCUT2D eigenvalue weighted by Gasteiger charge is 2.20. The Labute approximate surface area is 185 Å². The molecular formula is C20H17BrClFN4O3. The maximum atomic E-state index is 13.4. The molecule has 30 heavy (non-hydrogen) atoms. The van der Waals surface area contributed by atoms with Crippen LogP contribution in [0.25, 0.3) is 10.9 Å². The first-order valence-corrected chi connectivity index (χ1v) is 10.5. The van der Waals surface area contributed by atoms with Gasteiger partial charge in [0.1, 0.15) is 18.0 Å². The van der Waals surface area contributed by atoms with Crippen LogP contribution in [0.15, 0.2) is 41.1 Å². The monoisotopic (exact) mass is 494 g/mol. The van der Waals surface area contributed by atoms with Crippen LogP contribution in [0.5, 0.6) is 5.75 Å². The number of carbonyl (C=O) groups is 1. The van der Waals surface area contributed by atoms with Gasteiger partial charge in [-0.1, -0.05) is 11.6 Å². The van der Waals surface area contributed by atoms with E-state index in [-0.39, 0.29) is 5.02 Å². The molecule has 7 nitrogen and oxygen atoms in total. The van der Waals surface area contributed by atoms with Crippen LogP contribution in [0, 0.1) is 5.82 Å². The van der Waals surface area contributed by atoms with Gasteiger partial charge in [0.05, 0.1) is 15.0 Å². The average Bonchev–Trinajstić information content (AvgIpc) is 2.75. The minimum atomic E-state index is -0.523. The Hall–Kier alpha value is -2.65. The summed E-state index contributed by atoms with van der Waals surface area (Å²) < 4.78 is 14.0. The molecule has 0 spiro atoms. The number of nitrogens with zero attached hydrogens (tertiary/aromatic N) is 3. The van der Waals surface area contributed by atoms with Crippen molar-refractivity contribution in [1.29, 1.82) is 0 Å². The highest BCUT2D eigenvalue weighted by atomic mass is 79.9. The lowest BCUT2D eigenvalue weighted by molar-refractivity contribution is -0.155. The molecule has 0 saturated carbocycles. The van der Waals surface area contributed by atoms with Gasteiger partial charge in [-0.05, 0) is 65.5 Å². The van der Waals surface area contributed by atoms with Crippen LogP contribution in [0.1, 0.15) is 19.3 Å². The van der Waals surface area contributed by atoms with Crippen molar-refractivity contribution >= 4 is 56.0 Å². The van der Waals surface area contributed by atoms with Gasteiger partial charge in [0.15, 0.2) is 5.75 Å². The third kappa shape index (κ3) is 4.57. The smallest absolute Gasteiger partial charge is 0.340 e. The minimum Gasteiger partial charge on any atom is -0.340 e. The summed E-state index contributed by atoms with van der Waals surface area (Å²) >= 11 is 9.26. The van der Waals surface area contributed by atoms with Gasteiger partial charge in [-0.15, -0.1) is 0 Å². The number of hydrogen-bond donors (Lipinski definition) is 1. The normalized spacial score (nSPS) is 13.9. The third-order valence-electron chi connectivity index (χ3n) is 4.69. The number of anilines is 2. The van der Waals surface area contributed by atoms with Crippen molar-refractivity contribution in [2.75, 3.05) is 18.4 Å². The Morgan fingerprint density at radius 1 is 1.17 bits per heavy atom. The Morgan fingerprint density at radius 2 is 1.97 bits per heavy atom. The van der Waals surface area contributed by atoms with Gasteiger partial charge in [-0.3, -0.25) is 4.89 Å². The van der Waals surface area contributed by atoms with Crippen LogP contribution >= 0.6 is 27.5 Å². The summed E-state index contributed by atoms with van der Waals surface area (Å²) in [6, 6.07) is 7.65. The van der Waals surface area contributed by atoms with E-state index < -0.39 is 11.9 Å². The number of aromatic nitrogens is 2. The fraction of sp³-hybridized carbons (Fsp3) is 0.250. The predicted octanol–water partition coefficient (Wildman–Crippen LogP) is 5.84. The standard InChI is InChI=1S/C20H17BrClFN4O3/c21-14-10-17-13(9-18(14)29-30-20(28)27-6-2-1-3-7-27)19(25-11-24-17)26-12-4-5-16(23)15(22)8-12/h4-5,8-11H,1-3,6-7H2,(H,24,25,26). The van der Waals surface area contributed by atoms with Gasteiger partial charge in [-0.25, -0.2) is 24.0 Å². The predicted molar refractivity (Wildman–Crippen MR) is 114 cm³/mol. The summed E-state index contributed by atoms with van der Waals surface area (Å²) in [6.07, 6.45) is 3.89. The van der Waals surface area contributed by atoms with E-state index in [0.717, 1.165) is 19.3 Å². The number of carbonyl (C=O) groups excluding carboxylic acids is 1. The Morgan fingerprint density at radius 3 is 2.73 bits per heavy atom. The number of likely N-dealkylation sites (tertiary alicyclic amines) is 1. The van der Waals surface area contributed by atoms with Gasteiger partial charge in [0.25, 0.3) is 0 Å². The lowest BCUT2D eigenvalue weighted by atomic mass is 10.1. The zero-order valence-corrected chi connectivity index (χ0v) is 18.0. The van der Waals surface area contributed by atoms with Crippen molar-refractivity contribution in [3.63, 3.8) is 0 Å². The maximum absolute atomic E-state index is 13.4. The quantitative estimate of drug-likeness (QED) is 0.362. The van der Waals surface area contributed by atoms with Crippen molar-refractivity contribution in [3.8, 4) is 5.75 Å². The summed E-state index contributed by atoms with van der Waals surface area (Å²) in [5, 5.41) is 3.70. The van der Waals surface area contributed by atoms with Crippen molar-refractivity contribution in [3.05, 3.63) is 52.0 Å². The molecule has 0 aliphatic carbocycles. The van der Waals surface area contributed by atoms with Crippen molar-refractivity contribution in [2.45, 2.75) is 19.3 Å². The Balaban J connectivity index is 1.57. The van der Waals surface area contributed by atoms with Crippen LogP contribution in [0.4, 0.5) is 20.7 Å².